The van der Waals surface area contributed by atoms with Crippen molar-refractivity contribution in [3.05, 3.63) is 22.7 Å². The second kappa shape index (κ2) is 5.67. The maximum atomic E-state index is 5.06. The first-order valence-corrected chi connectivity index (χ1v) is 3.94. The van der Waals surface area contributed by atoms with Gasteiger partial charge in [0.2, 0.25) is 0 Å². The molecule has 0 aliphatic heterocycles. The van der Waals surface area contributed by atoms with Crippen molar-refractivity contribution < 1.29 is 12.3 Å². The molecule has 0 aliphatic rings. The molecular weight excluding hydrogens is 232 g/mol. The summed E-state index contributed by atoms with van der Waals surface area (Å²) in [5, 5.41) is 0. The van der Waals surface area contributed by atoms with Crippen LogP contribution < -0.4 is 9.47 Å². The SMILES string of the molecule is COc1ccc(Br)cc1OC.[H-].[H-].[Mg+2]. The molecule has 0 radical (unpaired) electrons. The van der Waals surface area contributed by atoms with E-state index in [0.29, 0.717) is 0 Å². The Balaban J connectivity index is -0.000000403. The average molecular weight is 243 g/mol. The van der Waals surface area contributed by atoms with E-state index in [2.05, 4.69) is 15.9 Å². The van der Waals surface area contributed by atoms with Gasteiger partial charge in [-0.05, 0) is 18.2 Å². The third-order valence-corrected chi connectivity index (χ3v) is 1.84. The minimum Gasteiger partial charge on any atom is -1.00 e. The number of ether oxygens (including phenoxy) is 2. The van der Waals surface area contributed by atoms with Crippen molar-refractivity contribution in [3.63, 3.8) is 0 Å². The van der Waals surface area contributed by atoms with Crippen molar-refractivity contribution in [2.75, 3.05) is 14.2 Å². The smallest absolute Gasteiger partial charge is 1.00 e. The molecule has 12 heavy (non-hydrogen) atoms. The second-order valence-corrected chi connectivity index (χ2v) is 2.91. The Kier molecular flexibility index (Phi) is 5.70. The van der Waals surface area contributed by atoms with E-state index in [1.165, 1.54) is 0 Å². The van der Waals surface area contributed by atoms with Gasteiger partial charge in [0.15, 0.2) is 11.5 Å². The summed E-state index contributed by atoms with van der Waals surface area (Å²) in [6.07, 6.45) is 0. The van der Waals surface area contributed by atoms with Crippen molar-refractivity contribution >= 4 is 39.0 Å². The van der Waals surface area contributed by atoms with E-state index in [4.69, 9.17) is 9.47 Å². The van der Waals surface area contributed by atoms with E-state index in [1.807, 2.05) is 18.2 Å². The van der Waals surface area contributed by atoms with Crippen LogP contribution in [-0.2, 0) is 0 Å². The average Bonchev–Trinajstić information content (AvgIpc) is 2.04. The number of rotatable bonds is 2. The summed E-state index contributed by atoms with van der Waals surface area (Å²) in [5.74, 6) is 1.48. The molecule has 1 aromatic carbocycles. The molecule has 0 atom stereocenters. The van der Waals surface area contributed by atoms with Crippen LogP contribution in [0, 0.1) is 0 Å². The van der Waals surface area contributed by atoms with Crippen LogP contribution in [-0.4, -0.2) is 37.3 Å². The molecule has 0 saturated carbocycles. The van der Waals surface area contributed by atoms with Crippen LogP contribution in [0.1, 0.15) is 2.85 Å². The summed E-state index contributed by atoms with van der Waals surface area (Å²) in [7, 11) is 3.23. The molecule has 2 nitrogen and oxygen atoms in total. The van der Waals surface area contributed by atoms with Crippen molar-refractivity contribution in [2.45, 2.75) is 0 Å². The van der Waals surface area contributed by atoms with Crippen molar-refractivity contribution in [3.8, 4) is 11.5 Å². The van der Waals surface area contributed by atoms with Crippen LogP contribution in [0.2, 0.25) is 0 Å². The standard InChI is InChI=1S/C8H9BrO2.Mg.2H/c1-10-7-4-3-6(9)5-8(7)11-2;;;/h3-5H,1-2H3;;;/q;+2;2*-1. The number of benzene rings is 1. The summed E-state index contributed by atoms with van der Waals surface area (Å²) in [4.78, 5) is 0. The van der Waals surface area contributed by atoms with Gasteiger partial charge in [-0.15, -0.1) is 0 Å². The van der Waals surface area contributed by atoms with Crippen LogP contribution in [0.15, 0.2) is 22.7 Å². The monoisotopic (exact) mass is 242 g/mol. The minimum absolute atomic E-state index is 0. The van der Waals surface area contributed by atoms with Gasteiger partial charge in [0.25, 0.3) is 0 Å². The molecule has 64 valence electrons. The van der Waals surface area contributed by atoms with Gasteiger partial charge in [0, 0.05) is 4.47 Å². The third kappa shape index (κ3) is 2.84. The van der Waals surface area contributed by atoms with E-state index in [0.717, 1.165) is 16.0 Å². The third-order valence-electron chi connectivity index (χ3n) is 1.35. The Labute approximate surface area is 99.5 Å². The van der Waals surface area contributed by atoms with Crippen LogP contribution in [0.25, 0.3) is 0 Å². The molecule has 0 unspecified atom stereocenters. The zero-order chi connectivity index (χ0) is 8.27. The topological polar surface area (TPSA) is 18.5 Å². The second-order valence-electron chi connectivity index (χ2n) is 2.00. The van der Waals surface area contributed by atoms with Crippen LogP contribution in [0.4, 0.5) is 0 Å². The van der Waals surface area contributed by atoms with Gasteiger partial charge in [-0.25, -0.2) is 0 Å². The van der Waals surface area contributed by atoms with E-state index < -0.39 is 0 Å². The fourth-order valence-electron chi connectivity index (χ4n) is 0.810. The molecule has 0 fully saturated rings. The molecular formula is C8H11BrMgO2. The first-order valence-electron chi connectivity index (χ1n) is 3.15. The van der Waals surface area contributed by atoms with E-state index in [1.54, 1.807) is 14.2 Å². The predicted molar refractivity (Wildman–Crippen MR) is 55.2 cm³/mol. The maximum absolute atomic E-state index is 5.06. The molecule has 1 aromatic rings. The van der Waals surface area contributed by atoms with Crippen LogP contribution >= 0.6 is 15.9 Å². The normalized spacial score (nSPS) is 8.58. The molecule has 1 rings (SSSR count). The summed E-state index contributed by atoms with van der Waals surface area (Å²) >= 11 is 3.33. The quantitative estimate of drug-likeness (QED) is 0.742. The van der Waals surface area contributed by atoms with Gasteiger partial charge in [-0.3, -0.25) is 0 Å². The van der Waals surface area contributed by atoms with Gasteiger partial charge in [-0.1, -0.05) is 15.9 Å². The molecule has 0 amide bonds. The van der Waals surface area contributed by atoms with E-state index in [-0.39, 0.29) is 25.9 Å². The van der Waals surface area contributed by atoms with Gasteiger partial charge >= 0.3 is 23.1 Å². The zero-order valence-electron chi connectivity index (χ0n) is 9.13. The molecule has 0 saturated heterocycles. The summed E-state index contributed by atoms with van der Waals surface area (Å²) in [5.41, 5.74) is 0. The zero-order valence-corrected chi connectivity index (χ0v) is 10.1. The molecule has 0 aromatic heterocycles. The maximum Gasteiger partial charge on any atom is 2.00 e. The fraction of sp³-hybridized carbons (Fsp3) is 0.250. The molecule has 0 heterocycles. The minimum atomic E-state index is 0. The number of hydrogen-bond acceptors (Lipinski definition) is 2. The van der Waals surface area contributed by atoms with Gasteiger partial charge in [-0.2, -0.15) is 0 Å². The number of halogens is 1. The molecule has 4 heteroatoms. The molecule has 0 N–H and O–H groups in total. The van der Waals surface area contributed by atoms with Gasteiger partial charge < -0.3 is 12.3 Å². The Morgan fingerprint density at radius 3 is 2.25 bits per heavy atom. The Morgan fingerprint density at radius 1 is 1.17 bits per heavy atom. The van der Waals surface area contributed by atoms with Gasteiger partial charge in [0.05, 0.1) is 14.2 Å². The molecule has 0 spiro atoms. The Hall–Kier alpha value is 0.0662. The molecule has 0 bridgehead atoms. The Bertz CT molecular complexity index is 261. The fourth-order valence-corrected chi connectivity index (χ4v) is 1.15. The number of hydrogen-bond donors (Lipinski definition) is 0. The summed E-state index contributed by atoms with van der Waals surface area (Å²) < 4.78 is 11.1. The van der Waals surface area contributed by atoms with Crippen molar-refractivity contribution in [1.82, 2.24) is 0 Å². The molecule has 0 aliphatic carbocycles. The van der Waals surface area contributed by atoms with Crippen LogP contribution in [0.5, 0.6) is 11.5 Å². The summed E-state index contributed by atoms with van der Waals surface area (Å²) in [6, 6.07) is 5.61. The first kappa shape index (κ1) is 12.1. The summed E-state index contributed by atoms with van der Waals surface area (Å²) in [6.45, 7) is 0. The van der Waals surface area contributed by atoms with E-state index in [9.17, 15) is 0 Å². The van der Waals surface area contributed by atoms with Gasteiger partial charge in [0.1, 0.15) is 0 Å². The Morgan fingerprint density at radius 2 is 1.75 bits per heavy atom. The van der Waals surface area contributed by atoms with E-state index >= 15 is 0 Å². The van der Waals surface area contributed by atoms with Crippen molar-refractivity contribution in [1.29, 1.82) is 0 Å². The largest absolute Gasteiger partial charge is 2.00 e. The first-order chi connectivity index (χ1) is 5.27. The van der Waals surface area contributed by atoms with Crippen LogP contribution in [0.3, 0.4) is 0 Å². The predicted octanol–water partition coefficient (Wildman–Crippen LogP) is 2.31. The number of methoxy groups -OCH3 is 2. The van der Waals surface area contributed by atoms with Crippen molar-refractivity contribution in [2.24, 2.45) is 0 Å².